The standard InChI is InChI=1S/C13H25NO4.C3H8O/c1-6-11(17-10-9-15)7-8-14(5)12(16)18-13(2,3)4;1-3-4-2/h9,11H,6-8,10H2,1-5H3;3H2,1-2H3. The Bertz CT molecular complexity index is 287. The lowest BCUT2D eigenvalue weighted by Gasteiger charge is -2.25. The molecule has 0 aliphatic carbocycles. The van der Waals surface area contributed by atoms with Crippen LogP contribution in [0.15, 0.2) is 0 Å². The quantitative estimate of drug-likeness (QED) is 0.644. The van der Waals surface area contributed by atoms with Crippen molar-refractivity contribution in [1.82, 2.24) is 4.90 Å². The number of ether oxygens (including phenoxy) is 3. The van der Waals surface area contributed by atoms with Gasteiger partial charge in [-0.2, -0.15) is 0 Å². The van der Waals surface area contributed by atoms with Gasteiger partial charge >= 0.3 is 6.09 Å². The monoisotopic (exact) mass is 319 g/mol. The Labute approximate surface area is 135 Å². The number of methoxy groups -OCH3 is 1. The zero-order valence-electron chi connectivity index (χ0n) is 15.2. The second-order valence-electron chi connectivity index (χ2n) is 5.80. The van der Waals surface area contributed by atoms with Crippen LogP contribution in [0.3, 0.4) is 0 Å². The van der Waals surface area contributed by atoms with Crippen molar-refractivity contribution in [2.24, 2.45) is 0 Å². The number of hydrogen-bond acceptors (Lipinski definition) is 5. The van der Waals surface area contributed by atoms with Crippen molar-refractivity contribution in [2.75, 3.05) is 33.9 Å². The topological polar surface area (TPSA) is 65.1 Å². The van der Waals surface area contributed by atoms with Gasteiger partial charge in [0.2, 0.25) is 0 Å². The van der Waals surface area contributed by atoms with Gasteiger partial charge in [-0.15, -0.1) is 0 Å². The van der Waals surface area contributed by atoms with Gasteiger partial charge in [-0.05, 0) is 40.5 Å². The molecule has 0 N–H and O–H groups in total. The van der Waals surface area contributed by atoms with E-state index < -0.39 is 5.60 Å². The van der Waals surface area contributed by atoms with E-state index in [0.717, 1.165) is 19.3 Å². The van der Waals surface area contributed by atoms with Crippen molar-refractivity contribution < 1.29 is 23.8 Å². The average molecular weight is 319 g/mol. The van der Waals surface area contributed by atoms with E-state index >= 15 is 0 Å². The average Bonchev–Trinajstić information content (AvgIpc) is 2.45. The molecule has 1 amide bonds. The molecular weight excluding hydrogens is 286 g/mol. The molecule has 6 heteroatoms. The second kappa shape index (κ2) is 13.5. The molecule has 0 aliphatic heterocycles. The molecule has 1 atom stereocenters. The van der Waals surface area contributed by atoms with Crippen molar-refractivity contribution in [1.29, 1.82) is 0 Å². The van der Waals surface area contributed by atoms with E-state index in [1.807, 2.05) is 34.6 Å². The summed E-state index contributed by atoms with van der Waals surface area (Å²) in [5, 5.41) is 0. The first-order valence-electron chi connectivity index (χ1n) is 7.70. The van der Waals surface area contributed by atoms with Crippen LogP contribution in [0.25, 0.3) is 0 Å². The van der Waals surface area contributed by atoms with Gasteiger partial charge in [-0.3, -0.25) is 0 Å². The number of hydrogen-bond donors (Lipinski definition) is 0. The minimum absolute atomic E-state index is 0.0000803. The van der Waals surface area contributed by atoms with Crippen LogP contribution >= 0.6 is 0 Å². The fourth-order valence-corrected chi connectivity index (χ4v) is 1.35. The van der Waals surface area contributed by atoms with Crippen molar-refractivity contribution in [3.05, 3.63) is 0 Å². The first-order chi connectivity index (χ1) is 10.2. The first-order valence-corrected chi connectivity index (χ1v) is 7.70. The summed E-state index contributed by atoms with van der Waals surface area (Å²) in [5.74, 6) is 0. The predicted molar refractivity (Wildman–Crippen MR) is 87.1 cm³/mol. The molecule has 0 saturated carbocycles. The molecule has 0 aromatic heterocycles. The summed E-state index contributed by atoms with van der Waals surface area (Å²) in [6, 6.07) is 0. The van der Waals surface area contributed by atoms with Crippen LogP contribution in [0, 0.1) is 0 Å². The van der Waals surface area contributed by atoms with E-state index in [-0.39, 0.29) is 18.8 Å². The molecule has 0 spiro atoms. The van der Waals surface area contributed by atoms with Crippen LogP contribution in [0.1, 0.15) is 47.5 Å². The number of rotatable bonds is 8. The molecule has 1 unspecified atom stereocenters. The summed E-state index contributed by atoms with van der Waals surface area (Å²) >= 11 is 0. The van der Waals surface area contributed by atoms with Crippen LogP contribution in [-0.4, -0.2) is 62.9 Å². The van der Waals surface area contributed by atoms with E-state index in [0.29, 0.717) is 13.0 Å². The Balaban J connectivity index is 0. The Kier molecular flexibility index (Phi) is 14.2. The maximum atomic E-state index is 11.7. The first kappa shape index (κ1) is 23.1. The highest BCUT2D eigenvalue weighted by molar-refractivity contribution is 5.67. The predicted octanol–water partition coefficient (Wildman–Crippen LogP) is 2.89. The number of amides is 1. The van der Waals surface area contributed by atoms with Gasteiger partial charge in [-0.25, -0.2) is 4.79 Å². The molecule has 0 aromatic carbocycles. The largest absolute Gasteiger partial charge is 0.444 e. The van der Waals surface area contributed by atoms with E-state index in [4.69, 9.17) is 9.47 Å². The lowest BCUT2D eigenvalue weighted by atomic mass is 10.2. The third-order valence-electron chi connectivity index (χ3n) is 2.64. The molecule has 0 fully saturated rings. The summed E-state index contributed by atoms with van der Waals surface area (Å²) in [6.45, 7) is 10.9. The van der Waals surface area contributed by atoms with Crippen LogP contribution in [0.5, 0.6) is 0 Å². The maximum Gasteiger partial charge on any atom is 0.410 e. The highest BCUT2D eigenvalue weighted by atomic mass is 16.6. The minimum atomic E-state index is -0.483. The lowest BCUT2D eigenvalue weighted by Crippen LogP contribution is -2.36. The van der Waals surface area contributed by atoms with Crippen molar-refractivity contribution in [3.8, 4) is 0 Å². The molecule has 0 rings (SSSR count). The number of aldehydes is 1. The van der Waals surface area contributed by atoms with Crippen molar-refractivity contribution in [2.45, 2.75) is 59.2 Å². The smallest absolute Gasteiger partial charge is 0.410 e. The van der Waals surface area contributed by atoms with E-state index in [2.05, 4.69) is 4.74 Å². The normalized spacial score (nSPS) is 12.0. The fourth-order valence-electron chi connectivity index (χ4n) is 1.35. The molecule has 0 aromatic rings. The minimum Gasteiger partial charge on any atom is -0.444 e. The fraction of sp³-hybridized carbons (Fsp3) is 0.875. The summed E-state index contributed by atoms with van der Waals surface area (Å²) in [7, 11) is 3.38. The zero-order chi connectivity index (χ0) is 17.6. The molecular formula is C16H33NO5. The molecule has 0 aliphatic rings. The summed E-state index contributed by atoms with van der Waals surface area (Å²) in [5.41, 5.74) is -0.483. The van der Waals surface area contributed by atoms with Crippen LogP contribution < -0.4 is 0 Å². The molecule has 6 nitrogen and oxygen atoms in total. The summed E-state index contributed by atoms with van der Waals surface area (Å²) in [4.78, 5) is 23.4. The second-order valence-corrected chi connectivity index (χ2v) is 5.80. The highest BCUT2D eigenvalue weighted by Gasteiger charge is 2.20. The molecule has 0 heterocycles. The number of nitrogens with zero attached hydrogens (tertiary/aromatic N) is 1. The highest BCUT2D eigenvalue weighted by Crippen LogP contribution is 2.10. The maximum absolute atomic E-state index is 11.7. The lowest BCUT2D eigenvalue weighted by molar-refractivity contribution is -0.114. The van der Waals surface area contributed by atoms with Crippen molar-refractivity contribution >= 4 is 12.4 Å². The van der Waals surface area contributed by atoms with Gasteiger partial charge in [-0.1, -0.05) is 6.92 Å². The Morgan fingerprint density at radius 2 is 1.82 bits per heavy atom. The molecule has 0 radical (unpaired) electrons. The van der Waals surface area contributed by atoms with E-state index in [1.165, 1.54) is 4.90 Å². The van der Waals surface area contributed by atoms with Gasteiger partial charge < -0.3 is 23.9 Å². The molecule has 22 heavy (non-hydrogen) atoms. The van der Waals surface area contributed by atoms with Crippen LogP contribution in [0.2, 0.25) is 0 Å². The van der Waals surface area contributed by atoms with Gasteiger partial charge in [0.1, 0.15) is 18.5 Å². The van der Waals surface area contributed by atoms with E-state index in [1.54, 1.807) is 14.2 Å². The van der Waals surface area contributed by atoms with E-state index in [9.17, 15) is 9.59 Å². The SMILES string of the molecule is CCC(CCN(C)C(=O)OC(C)(C)C)OCC=O.CCOC. The van der Waals surface area contributed by atoms with Gasteiger partial charge in [0, 0.05) is 27.3 Å². The molecule has 0 saturated heterocycles. The third-order valence-corrected chi connectivity index (χ3v) is 2.64. The van der Waals surface area contributed by atoms with Crippen LogP contribution in [-0.2, 0) is 19.0 Å². The Hall–Kier alpha value is -1.14. The molecule has 132 valence electrons. The third kappa shape index (κ3) is 15.3. The number of carbonyl (C=O) groups excluding carboxylic acids is 2. The van der Waals surface area contributed by atoms with Gasteiger partial charge in [0.05, 0.1) is 6.10 Å². The van der Waals surface area contributed by atoms with Crippen molar-refractivity contribution in [3.63, 3.8) is 0 Å². The van der Waals surface area contributed by atoms with Gasteiger partial charge in [0.25, 0.3) is 0 Å². The van der Waals surface area contributed by atoms with Crippen LogP contribution in [0.4, 0.5) is 4.79 Å². The van der Waals surface area contributed by atoms with Gasteiger partial charge in [0.15, 0.2) is 0 Å². The number of carbonyl (C=O) groups is 2. The Morgan fingerprint density at radius 1 is 1.27 bits per heavy atom. The Morgan fingerprint density at radius 3 is 2.18 bits per heavy atom. The molecule has 0 bridgehead atoms. The summed E-state index contributed by atoms with van der Waals surface area (Å²) < 4.78 is 15.1. The summed E-state index contributed by atoms with van der Waals surface area (Å²) in [6.07, 6.45) is 1.91. The zero-order valence-corrected chi connectivity index (χ0v) is 15.2.